The zero-order valence-corrected chi connectivity index (χ0v) is 39.7. The van der Waals surface area contributed by atoms with Crippen molar-refractivity contribution in [2.45, 2.75) is 0 Å². The summed E-state index contributed by atoms with van der Waals surface area (Å²) >= 11 is 0. The molecular formula is C72H48. The van der Waals surface area contributed by atoms with Crippen LogP contribution in [0.25, 0.3) is 134 Å². The number of fused-ring (bicyclic) bond motifs is 6. The zero-order chi connectivity index (χ0) is 47.8. The molecule has 0 N–H and O–H groups in total. The van der Waals surface area contributed by atoms with Gasteiger partial charge in [0.25, 0.3) is 0 Å². The second kappa shape index (κ2) is 18.5. The van der Waals surface area contributed by atoms with Crippen molar-refractivity contribution in [3.05, 3.63) is 288 Å². The van der Waals surface area contributed by atoms with Gasteiger partial charge in [-0.3, -0.25) is 0 Å². The van der Waals surface area contributed by atoms with Crippen LogP contribution in [0.5, 0.6) is 0 Å². The molecule has 0 unspecified atom stereocenters. The van der Waals surface area contributed by atoms with Gasteiger partial charge in [0.1, 0.15) is 0 Å². The van der Waals surface area contributed by atoms with Gasteiger partial charge in [0.15, 0.2) is 0 Å². The summed E-state index contributed by atoms with van der Waals surface area (Å²) in [6.45, 7) is 0. The van der Waals surface area contributed by atoms with Gasteiger partial charge in [-0.2, -0.15) is 0 Å². The summed E-state index contributed by atoms with van der Waals surface area (Å²) in [5.74, 6) is 0. The van der Waals surface area contributed by atoms with Crippen LogP contribution in [0.4, 0.5) is 0 Å². The number of benzene rings is 13. The maximum absolute atomic E-state index is 2.48. The van der Waals surface area contributed by atoms with Crippen LogP contribution in [-0.2, 0) is 0 Å². The molecule has 0 aromatic heterocycles. The Bertz CT molecular complexity index is 3660. The maximum Gasteiger partial charge on any atom is -0.00259 e. The van der Waals surface area contributed by atoms with E-state index in [9.17, 15) is 0 Å². The molecule has 0 spiro atoms. The first-order chi connectivity index (χ1) is 35.7. The van der Waals surface area contributed by atoms with Gasteiger partial charge in [-0.25, -0.2) is 0 Å². The van der Waals surface area contributed by atoms with Crippen LogP contribution in [0.1, 0.15) is 33.4 Å². The predicted molar refractivity (Wildman–Crippen MR) is 314 cm³/mol. The van der Waals surface area contributed by atoms with Gasteiger partial charge in [-0.15, -0.1) is 0 Å². The predicted octanol–water partition coefficient (Wildman–Crippen LogP) is 20.1. The fraction of sp³-hybridized carbons (Fsp3) is 0. The highest BCUT2D eigenvalue weighted by molar-refractivity contribution is 6.23. The Balaban J connectivity index is 1.14. The Morgan fingerprint density at radius 2 is 0.347 bits per heavy atom. The summed E-state index contributed by atoms with van der Waals surface area (Å²) in [4.78, 5) is 0. The fourth-order valence-corrected chi connectivity index (χ4v) is 11.2. The van der Waals surface area contributed by atoms with Crippen LogP contribution >= 0.6 is 0 Å². The van der Waals surface area contributed by atoms with Gasteiger partial charge in [0.2, 0.25) is 0 Å². The first-order valence-electron chi connectivity index (χ1n) is 24.9. The SMILES string of the molecule is C(=Cc1c2ccccc2c(-c2cc(-c3c4ccccc4c(/C=C/c4ccccc4)c4ccccc34)cc(-c3c4ccccc4c(/C=C/c4ccccc4)c4ccccc34)c2)c2ccccc12)c1ccccc1. The lowest BCUT2D eigenvalue weighted by Crippen LogP contribution is -1.95. The lowest BCUT2D eigenvalue weighted by Gasteiger charge is -2.21. The monoisotopic (exact) mass is 912 g/mol. The highest BCUT2D eigenvalue weighted by atomic mass is 14.2. The highest BCUT2D eigenvalue weighted by Crippen LogP contribution is 2.48. The molecule has 0 bridgehead atoms. The van der Waals surface area contributed by atoms with E-state index in [1.54, 1.807) is 0 Å². The Labute approximate surface area is 420 Å². The quantitative estimate of drug-likeness (QED) is 0.1000. The van der Waals surface area contributed by atoms with E-state index >= 15 is 0 Å². The number of hydrogen-bond donors (Lipinski definition) is 0. The van der Waals surface area contributed by atoms with E-state index in [0.29, 0.717) is 0 Å². The van der Waals surface area contributed by atoms with E-state index < -0.39 is 0 Å². The first kappa shape index (κ1) is 42.7. The minimum atomic E-state index is 1.18. The van der Waals surface area contributed by atoms with Crippen molar-refractivity contribution < 1.29 is 0 Å². The molecule has 0 atom stereocenters. The van der Waals surface area contributed by atoms with Crippen molar-refractivity contribution in [1.29, 1.82) is 0 Å². The second-order valence-corrected chi connectivity index (χ2v) is 18.7. The average Bonchev–Trinajstić information content (AvgIpc) is 3.45. The van der Waals surface area contributed by atoms with Gasteiger partial charge < -0.3 is 0 Å². The maximum atomic E-state index is 2.48. The van der Waals surface area contributed by atoms with E-state index in [0.717, 1.165) is 0 Å². The van der Waals surface area contributed by atoms with E-state index in [4.69, 9.17) is 0 Å². The van der Waals surface area contributed by atoms with Crippen LogP contribution < -0.4 is 0 Å². The summed E-state index contributed by atoms with van der Waals surface area (Å²) < 4.78 is 0. The number of rotatable bonds is 9. The van der Waals surface area contributed by atoms with Gasteiger partial charge in [0, 0.05) is 0 Å². The normalized spacial score (nSPS) is 12.0. The molecule has 0 aliphatic heterocycles. The third-order valence-electron chi connectivity index (χ3n) is 14.4. The summed E-state index contributed by atoms with van der Waals surface area (Å²) in [6, 6.07) is 93.3. The smallest absolute Gasteiger partial charge is 0.00259 e. The first-order valence-corrected chi connectivity index (χ1v) is 24.9. The van der Waals surface area contributed by atoms with Crippen LogP contribution in [0.15, 0.2) is 255 Å². The minimum Gasteiger partial charge on any atom is -0.0622 e. The Hall–Kier alpha value is -9.36. The third-order valence-corrected chi connectivity index (χ3v) is 14.4. The minimum absolute atomic E-state index is 1.18. The van der Waals surface area contributed by atoms with E-state index in [-0.39, 0.29) is 0 Å². The molecule has 0 aliphatic rings. The average molecular weight is 913 g/mol. The molecule has 0 heterocycles. The van der Waals surface area contributed by atoms with Crippen LogP contribution in [0.3, 0.4) is 0 Å². The molecule has 0 fully saturated rings. The van der Waals surface area contributed by atoms with Crippen LogP contribution in [0.2, 0.25) is 0 Å². The Morgan fingerprint density at radius 1 is 0.167 bits per heavy atom. The lowest BCUT2D eigenvalue weighted by molar-refractivity contribution is 1.63. The number of hydrogen-bond acceptors (Lipinski definition) is 0. The van der Waals surface area contributed by atoms with Gasteiger partial charge in [-0.1, -0.05) is 273 Å². The third kappa shape index (κ3) is 7.68. The van der Waals surface area contributed by atoms with Crippen LogP contribution in [-0.4, -0.2) is 0 Å². The fourth-order valence-electron chi connectivity index (χ4n) is 11.2. The molecule has 0 saturated heterocycles. The summed E-state index contributed by atoms with van der Waals surface area (Å²) in [7, 11) is 0. The molecule has 336 valence electrons. The molecule has 0 saturated carbocycles. The molecule has 0 nitrogen and oxygen atoms in total. The molecule has 72 heavy (non-hydrogen) atoms. The van der Waals surface area contributed by atoms with Gasteiger partial charge in [0.05, 0.1) is 0 Å². The van der Waals surface area contributed by atoms with Crippen molar-refractivity contribution in [3.8, 4) is 33.4 Å². The van der Waals surface area contributed by atoms with Crippen molar-refractivity contribution in [2.75, 3.05) is 0 Å². The van der Waals surface area contributed by atoms with Gasteiger partial charge in [-0.05, 0) is 150 Å². The van der Waals surface area contributed by atoms with Crippen molar-refractivity contribution in [3.63, 3.8) is 0 Å². The van der Waals surface area contributed by atoms with Gasteiger partial charge >= 0.3 is 0 Å². The molecule has 13 aromatic carbocycles. The Morgan fingerprint density at radius 3 is 0.556 bits per heavy atom. The molecule has 0 heteroatoms. The standard InChI is InChI=1S/C72H48/c1-4-22-49(23-5-1)40-43-61-55-28-10-16-34-64(55)70(65-35-17-11-29-56(61)65)52-46-53(71-66-36-18-12-30-57(66)62(58-31-13-19-37-67(58)71)44-41-50-24-6-2-7-25-50)48-54(47-52)72-68-38-20-14-32-59(68)63(60-33-15-21-39-69(60)72)45-42-51-26-8-3-9-27-51/h1-48H/b43-40+,44-41+,45-42?. The van der Waals surface area contributed by atoms with E-state index in [2.05, 4.69) is 291 Å². The van der Waals surface area contributed by atoms with E-state index in [1.165, 1.54) is 131 Å². The largest absolute Gasteiger partial charge is 0.0622 e. The molecule has 0 radical (unpaired) electrons. The zero-order valence-electron chi connectivity index (χ0n) is 39.7. The second-order valence-electron chi connectivity index (χ2n) is 18.7. The summed E-state index contributed by atoms with van der Waals surface area (Å²) in [6.07, 6.45) is 13.7. The molecule has 0 aliphatic carbocycles. The molecule has 0 amide bonds. The molecule has 13 aromatic rings. The van der Waals surface area contributed by atoms with E-state index in [1.807, 2.05) is 0 Å². The molecule has 13 rings (SSSR count). The topological polar surface area (TPSA) is 0 Å². The Kier molecular flexibility index (Phi) is 11.0. The van der Waals surface area contributed by atoms with Crippen molar-refractivity contribution in [1.82, 2.24) is 0 Å². The van der Waals surface area contributed by atoms with Crippen LogP contribution in [0, 0.1) is 0 Å². The molecular weight excluding hydrogens is 865 g/mol. The summed E-state index contributed by atoms with van der Waals surface area (Å²) in [5.41, 5.74) is 14.4. The highest BCUT2D eigenvalue weighted by Gasteiger charge is 2.22. The summed E-state index contributed by atoms with van der Waals surface area (Å²) in [5, 5.41) is 14.7. The van der Waals surface area contributed by atoms with Crippen molar-refractivity contribution in [2.24, 2.45) is 0 Å². The lowest BCUT2D eigenvalue weighted by atomic mass is 9.82. The van der Waals surface area contributed by atoms with Crippen molar-refractivity contribution >= 4 is 101 Å².